The number of rotatable bonds is 5. The van der Waals surface area contributed by atoms with Crippen molar-refractivity contribution in [3.63, 3.8) is 0 Å². The van der Waals surface area contributed by atoms with Crippen LogP contribution in [0.15, 0.2) is 24.5 Å². The van der Waals surface area contributed by atoms with Crippen LogP contribution in [0.25, 0.3) is 11.1 Å². The summed E-state index contributed by atoms with van der Waals surface area (Å²) >= 11 is 0. The van der Waals surface area contributed by atoms with Crippen molar-refractivity contribution in [3.05, 3.63) is 52.1 Å². The third-order valence-electron chi connectivity index (χ3n) is 5.05. The molecule has 1 aromatic heterocycles. The molecule has 0 bridgehead atoms. The van der Waals surface area contributed by atoms with E-state index in [1.54, 1.807) is 0 Å². The van der Waals surface area contributed by atoms with Crippen LogP contribution in [0.5, 0.6) is 0 Å². The van der Waals surface area contributed by atoms with Crippen LogP contribution in [0.1, 0.15) is 40.4 Å². The minimum Gasteiger partial charge on any atom is -0.405 e. The van der Waals surface area contributed by atoms with Gasteiger partial charge < -0.3 is 4.43 Å². The first-order valence-corrected chi connectivity index (χ1v) is 11.7. The van der Waals surface area contributed by atoms with Gasteiger partial charge >= 0.3 is 5.69 Å². The molecule has 0 atom stereocenters. The summed E-state index contributed by atoms with van der Waals surface area (Å²) in [4.78, 5) is 18.3. The topological polar surface area (TPSA) is 78.2 Å². The van der Waals surface area contributed by atoms with Crippen LogP contribution in [0.2, 0.25) is 18.1 Å². The van der Waals surface area contributed by atoms with Gasteiger partial charge in [0.1, 0.15) is 11.4 Å². The van der Waals surface area contributed by atoms with E-state index in [2.05, 4.69) is 43.8 Å². The Kier molecular flexibility index (Phi) is 5.73. The van der Waals surface area contributed by atoms with E-state index in [0.717, 1.165) is 6.07 Å². The summed E-state index contributed by atoms with van der Waals surface area (Å²) < 4.78 is 34.5. The van der Waals surface area contributed by atoms with Gasteiger partial charge in [0.05, 0.1) is 11.0 Å². The minimum atomic E-state index is -2.09. The number of hydrogen-bond donors (Lipinski definition) is 0. The van der Waals surface area contributed by atoms with Crippen LogP contribution in [-0.4, -0.2) is 23.2 Å². The second-order valence-corrected chi connectivity index (χ2v) is 13.4. The molecule has 1 aromatic carbocycles. The largest absolute Gasteiger partial charge is 0.405 e. The number of aromatic nitrogens is 2. The Hall–Kier alpha value is -2.26. The highest BCUT2D eigenvalue weighted by Gasteiger charge is 2.42. The van der Waals surface area contributed by atoms with E-state index in [9.17, 15) is 18.9 Å². The van der Waals surface area contributed by atoms with Crippen LogP contribution in [0.4, 0.5) is 14.5 Å². The second-order valence-electron chi connectivity index (χ2n) is 8.71. The first-order valence-electron chi connectivity index (χ1n) is 8.82. The summed E-state index contributed by atoms with van der Waals surface area (Å²) in [6.07, 6.45) is 2.73. The van der Waals surface area contributed by atoms with E-state index in [1.165, 1.54) is 12.4 Å². The molecule has 0 radical (unpaired) electrons. The van der Waals surface area contributed by atoms with Crippen molar-refractivity contribution in [1.29, 1.82) is 0 Å². The average molecular weight is 410 g/mol. The van der Waals surface area contributed by atoms with Crippen molar-refractivity contribution in [2.45, 2.75) is 58.4 Å². The van der Waals surface area contributed by atoms with Gasteiger partial charge in [-0.2, -0.15) is 4.39 Å². The van der Waals surface area contributed by atoms with Gasteiger partial charge in [-0.25, -0.2) is 14.4 Å². The summed E-state index contributed by atoms with van der Waals surface area (Å²) in [5.74, 6) is -1.61. The molecule has 0 N–H and O–H groups in total. The van der Waals surface area contributed by atoms with Gasteiger partial charge in [0.15, 0.2) is 14.1 Å². The van der Waals surface area contributed by atoms with Crippen molar-refractivity contribution in [2.24, 2.45) is 0 Å². The van der Waals surface area contributed by atoms with Gasteiger partial charge in [0, 0.05) is 23.5 Å². The zero-order valence-electron chi connectivity index (χ0n) is 17.1. The highest BCUT2D eigenvalue weighted by Crippen LogP contribution is 2.41. The second kappa shape index (κ2) is 7.29. The number of hydrogen-bond acceptors (Lipinski definition) is 5. The quantitative estimate of drug-likeness (QED) is 0.366. The SMILES string of the molecule is CC(C)(O[Si](C)(C)C(C)(C)C)c1ncc(-c2cc(F)c([N+](=O)[O-])cc2F)cn1. The molecular weight excluding hydrogens is 384 g/mol. The number of halogens is 2. The number of nitro benzene ring substituents is 1. The maximum atomic E-state index is 14.2. The fraction of sp³-hybridized carbons (Fsp3) is 0.474. The molecule has 1 heterocycles. The van der Waals surface area contributed by atoms with Crippen molar-refractivity contribution in [1.82, 2.24) is 9.97 Å². The van der Waals surface area contributed by atoms with E-state index in [4.69, 9.17) is 4.43 Å². The van der Waals surface area contributed by atoms with Crippen LogP contribution >= 0.6 is 0 Å². The van der Waals surface area contributed by atoms with E-state index >= 15 is 0 Å². The van der Waals surface area contributed by atoms with E-state index in [-0.39, 0.29) is 16.2 Å². The molecule has 0 unspecified atom stereocenters. The summed E-state index contributed by atoms with van der Waals surface area (Å²) in [7, 11) is -2.09. The molecule has 2 aromatic rings. The molecule has 0 spiro atoms. The lowest BCUT2D eigenvalue weighted by atomic mass is 10.1. The zero-order chi connectivity index (χ0) is 21.5. The minimum absolute atomic E-state index is 0.00359. The van der Waals surface area contributed by atoms with Crippen molar-refractivity contribution < 1.29 is 18.1 Å². The zero-order valence-corrected chi connectivity index (χ0v) is 18.1. The smallest absolute Gasteiger partial charge is 0.307 e. The molecule has 0 amide bonds. The van der Waals surface area contributed by atoms with Gasteiger partial charge in [-0.3, -0.25) is 10.1 Å². The van der Waals surface area contributed by atoms with Crippen LogP contribution in [-0.2, 0) is 10.0 Å². The van der Waals surface area contributed by atoms with Gasteiger partial charge in [0.25, 0.3) is 0 Å². The molecule has 0 saturated carbocycles. The Labute approximate surface area is 164 Å². The maximum absolute atomic E-state index is 14.2. The molecule has 0 aliphatic heterocycles. The number of nitro groups is 1. The van der Waals surface area contributed by atoms with Crippen LogP contribution in [0, 0.1) is 21.7 Å². The predicted octanol–water partition coefficient (Wildman–Crippen LogP) is 5.59. The standard InChI is InChI=1S/C19H25F2N3O3Si/c1-18(2,3)28(6,7)27-19(4,5)17-22-10-12(11-23-17)13-8-15(21)16(24(25)26)9-14(13)20/h8-11H,1-7H3. The molecule has 0 aliphatic rings. The van der Waals surface area contributed by atoms with Gasteiger partial charge in [-0.1, -0.05) is 20.8 Å². The first kappa shape index (κ1) is 22.0. The molecule has 2 rings (SSSR count). The summed E-state index contributed by atoms with van der Waals surface area (Å²) in [6, 6.07) is 1.34. The van der Waals surface area contributed by atoms with Crippen molar-refractivity contribution >= 4 is 14.0 Å². The lowest BCUT2D eigenvalue weighted by Crippen LogP contribution is -2.46. The third-order valence-corrected chi connectivity index (χ3v) is 9.68. The number of nitrogens with zero attached hydrogens (tertiary/aromatic N) is 3. The first-order chi connectivity index (χ1) is 12.7. The normalized spacial score (nSPS) is 12.9. The Balaban J connectivity index is 2.36. The molecule has 28 heavy (non-hydrogen) atoms. The highest BCUT2D eigenvalue weighted by molar-refractivity contribution is 6.74. The van der Waals surface area contributed by atoms with Crippen molar-refractivity contribution in [2.75, 3.05) is 0 Å². The van der Waals surface area contributed by atoms with E-state index < -0.39 is 36.2 Å². The molecule has 152 valence electrons. The van der Waals surface area contributed by atoms with E-state index in [0.29, 0.717) is 11.9 Å². The lowest BCUT2D eigenvalue weighted by molar-refractivity contribution is -0.387. The molecule has 9 heteroatoms. The predicted molar refractivity (Wildman–Crippen MR) is 105 cm³/mol. The van der Waals surface area contributed by atoms with Crippen LogP contribution in [0.3, 0.4) is 0 Å². The third kappa shape index (κ3) is 4.41. The van der Waals surface area contributed by atoms with Crippen LogP contribution < -0.4 is 0 Å². The molecule has 0 saturated heterocycles. The van der Waals surface area contributed by atoms with Gasteiger partial charge in [0.2, 0.25) is 5.82 Å². The fourth-order valence-corrected chi connectivity index (χ4v) is 4.19. The van der Waals surface area contributed by atoms with Gasteiger partial charge in [-0.05, 0) is 38.0 Å². The Morgan fingerprint density at radius 2 is 1.57 bits per heavy atom. The molecular formula is C19H25F2N3O3Si. The summed E-state index contributed by atoms with van der Waals surface area (Å²) in [6.45, 7) is 14.4. The molecule has 6 nitrogen and oxygen atoms in total. The fourth-order valence-electron chi connectivity index (χ4n) is 2.51. The molecule has 0 fully saturated rings. The highest BCUT2D eigenvalue weighted by atomic mass is 28.4. The summed E-state index contributed by atoms with van der Waals surface area (Å²) in [5, 5.41) is 10.7. The Morgan fingerprint density at radius 3 is 2.04 bits per heavy atom. The average Bonchev–Trinajstić information content (AvgIpc) is 2.54. The monoisotopic (exact) mass is 409 g/mol. The Bertz CT molecular complexity index is 895. The van der Waals surface area contributed by atoms with Crippen molar-refractivity contribution in [3.8, 4) is 11.1 Å². The maximum Gasteiger partial charge on any atom is 0.307 e. The lowest BCUT2D eigenvalue weighted by Gasteiger charge is -2.42. The summed E-state index contributed by atoms with van der Waals surface area (Å²) in [5.41, 5.74) is -1.60. The van der Waals surface area contributed by atoms with E-state index in [1.807, 2.05) is 13.8 Å². The Morgan fingerprint density at radius 1 is 1.04 bits per heavy atom. The van der Waals surface area contributed by atoms with Gasteiger partial charge in [-0.15, -0.1) is 0 Å². The molecule has 0 aliphatic carbocycles. The number of benzene rings is 1.